The van der Waals surface area contributed by atoms with Gasteiger partial charge < -0.3 is 9.64 Å². The van der Waals surface area contributed by atoms with Crippen LogP contribution in [0.4, 0.5) is 10.8 Å². The Balaban J connectivity index is 1.68. The first-order valence-corrected chi connectivity index (χ1v) is 11.7. The van der Waals surface area contributed by atoms with Crippen molar-refractivity contribution < 1.29 is 14.3 Å². The molecule has 2 atom stereocenters. The van der Waals surface area contributed by atoms with E-state index >= 15 is 0 Å². The van der Waals surface area contributed by atoms with Gasteiger partial charge in [0.25, 0.3) is 5.91 Å². The molecule has 2 unspecified atom stereocenters. The number of benzene rings is 2. The third-order valence-electron chi connectivity index (χ3n) is 5.86. The maximum absolute atomic E-state index is 13.4. The number of halogens is 1. The molecule has 3 aromatic rings. The molecule has 2 amide bonds. The second-order valence-electron chi connectivity index (χ2n) is 7.61. The molecule has 0 spiro atoms. The largest absolute Gasteiger partial charge is 0.497 e. The Morgan fingerprint density at radius 2 is 1.97 bits per heavy atom. The van der Waals surface area contributed by atoms with Gasteiger partial charge in [-0.15, -0.1) is 11.3 Å². The zero-order valence-corrected chi connectivity index (χ0v) is 19.7. The maximum atomic E-state index is 13.4. The van der Waals surface area contributed by atoms with E-state index in [0.29, 0.717) is 28.0 Å². The van der Waals surface area contributed by atoms with E-state index in [-0.39, 0.29) is 30.2 Å². The summed E-state index contributed by atoms with van der Waals surface area (Å²) in [5, 5.41) is 3.12. The summed E-state index contributed by atoms with van der Waals surface area (Å²) in [6, 6.07) is 12.3. The number of nitrogens with zero attached hydrogens (tertiary/aromatic N) is 3. The number of ether oxygens (including phenoxy) is 1. The van der Waals surface area contributed by atoms with Crippen molar-refractivity contribution in [2.75, 3.05) is 23.5 Å². The molecule has 1 aliphatic heterocycles. The number of amides is 2. The van der Waals surface area contributed by atoms with Crippen LogP contribution >= 0.6 is 22.9 Å². The van der Waals surface area contributed by atoms with Crippen LogP contribution in [0.2, 0.25) is 5.02 Å². The summed E-state index contributed by atoms with van der Waals surface area (Å²) in [4.78, 5) is 34.5. The summed E-state index contributed by atoms with van der Waals surface area (Å²) in [6.07, 6.45) is 1.96. The number of rotatable bonds is 6. The quantitative estimate of drug-likeness (QED) is 0.486. The lowest BCUT2D eigenvalue weighted by molar-refractivity contribution is -0.119. The smallest absolute Gasteiger partial charge is 0.258 e. The van der Waals surface area contributed by atoms with Gasteiger partial charge in [0.1, 0.15) is 5.75 Å². The lowest BCUT2D eigenvalue weighted by atomic mass is 9.91. The van der Waals surface area contributed by atoms with Crippen molar-refractivity contribution in [2.45, 2.75) is 32.2 Å². The molecule has 2 aromatic carbocycles. The number of hydrogen-bond donors (Lipinski definition) is 0. The fraction of sp³-hybridized carbons (Fsp3) is 0.292. The van der Waals surface area contributed by atoms with Crippen LogP contribution in [0.1, 0.15) is 42.1 Å². The number of fused-ring (bicyclic) bond motifs is 1. The molecular formula is C24H24ClN3O3S. The molecule has 0 bridgehead atoms. The fourth-order valence-electron chi connectivity index (χ4n) is 4.21. The molecule has 0 saturated carbocycles. The highest BCUT2D eigenvalue weighted by Gasteiger charge is 2.41. The number of thiazole rings is 1. The number of carbonyl (C=O) groups excluding carboxylic acids is 2. The molecule has 6 nitrogen and oxygen atoms in total. The van der Waals surface area contributed by atoms with Crippen molar-refractivity contribution in [3.63, 3.8) is 0 Å². The molecule has 0 fully saturated rings. The van der Waals surface area contributed by atoms with Gasteiger partial charge in [-0.3, -0.25) is 14.5 Å². The number of hydrogen-bond acceptors (Lipinski definition) is 5. The second kappa shape index (κ2) is 9.30. The van der Waals surface area contributed by atoms with Crippen LogP contribution in [-0.4, -0.2) is 36.5 Å². The van der Waals surface area contributed by atoms with Crippen LogP contribution in [0.15, 0.2) is 54.0 Å². The van der Waals surface area contributed by atoms with Gasteiger partial charge in [-0.05, 0) is 61.9 Å². The first-order valence-electron chi connectivity index (χ1n) is 10.4. The van der Waals surface area contributed by atoms with Crippen LogP contribution in [-0.2, 0) is 4.79 Å². The first kappa shape index (κ1) is 22.3. The normalized spacial score (nSPS) is 17.2. The van der Waals surface area contributed by atoms with Gasteiger partial charge in [-0.25, -0.2) is 4.98 Å². The Kier molecular flexibility index (Phi) is 6.48. The van der Waals surface area contributed by atoms with Crippen LogP contribution in [0.5, 0.6) is 5.75 Å². The van der Waals surface area contributed by atoms with Crippen LogP contribution in [0.3, 0.4) is 0 Å². The average molecular weight is 470 g/mol. The summed E-state index contributed by atoms with van der Waals surface area (Å²) in [5.74, 6) is 0.385. The van der Waals surface area contributed by atoms with E-state index in [4.69, 9.17) is 16.3 Å². The van der Waals surface area contributed by atoms with Gasteiger partial charge in [0.15, 0.2) is 5.13 Å². The van der Waals surface area contributed by atoms with Crippen molar-refractivity contribution >= 4 is 45.6 Å². The Labute approximate surface area is 196 Å². The minimum atomic E-state index is -0.209. The standard InChI is InChI=1S/C24H24ClN3O3S/c1-4-27(24-26-11-12-32-24)22(29)14-19-15(2)28(21-10-9-18(31-3)13-20(19)21)23(30)16-5-7-17(25)8-6-16/h5-13,15,19H,4,14H2,1-3H3. The molecule has 32 heavy (non-hydrogen) atoms. The average Bonchev–Trinajstić information content (AvgIpc) is 3.41. The van der Waals surface area contributed by atoms with Crippen LogP contribution in [0.25, 0.3) is 0 Å². The number of methoxy groups -OCH3 is 1. The molecule has 0 saturated heterocycles. The Morgan fingerprint density at radius 1 is 1.22 bits per heavy atom. The zero-order valence-electron chi connectivity index (χ0n) is 18.1. The van der Waals surface area contributed by atoms with E-state index in [1.807, 2.05) is 37.4 Å². The summed E-state index contributed by atoms with van der Waals surface area (Å²) in [7, 11) is 1.61. The van der Waals surface area contributed by atoms with Crippen molar-refractivity contribution in [3.8, 4) is 5.75 Å². The molecule has 166 valence electrons. The minimum Gasteiger partial charge on any atom is -0.497 e. The monoisotopic (exact) mass is 469 g/mol. The Hall–Kier alpha value is -2.90. The highest BCUT2D eigenvalue weighted by Crippen LogP contribution is 2.45. The maximum Gasteiger partial charge on any atom is 0.258 e. The van der Waals surface area contributed by atoms with Crippen molar-refractivity contribution in [3.05, 3.63) is 70.2 Å². The summed E-state index contributed by atoms with van der Waals surface area (Å²) in [6.45, 7) is 4.45. The van der Waals surface area contributed by atoms with Crippen LogP contribution < -0.4 is 14.5 Å². The number of anilines is 2. The van der Waals surface area contributed by atoms with Gasteiger partial charge in [-0.1, -0.05) is 11.6 Å². The molecule has 1 aliphatic rings. The summed E-state index contributed by atoms with van der Waals surface area (Å²) >= 11 is 7.44. The first-order chi connectivity index (χ1) is 15.4. The third kappa shape index (κ3) is 4.10. The molecule has 2 heterocycles. The topological polar surface area (TPSA) is 62.7 Å². The van der Waals surface area contributed by atoms with Crippen LogP contribution in [0, 0.1) is 0 Å². The molecule has 1 aromatic heterocycles. The summed E-state index contributed by atoms with van der Waals surface area (Å²) < 4.78 is 5.43. The molecular weight excluding hydrogens is 446 g/mol. The third-order valence-corrected chi connectivity index (χ3v) is 6.90. The van der Waals surface area contributed by atoms with E-state index in [1.54, 1.807) is 47.4 Å². The predicted molar refractivity (Wildman–Crippen MR) is 128 cm³/mol. The highest BCUT2D eigenvalue weighted by atomic mass is 35.5. The molecule has 8 heteroatoms. The summed E-state index contributed by atoms with van der Waals surface area (Å²) in [5.41, 5.74) is 2.28. The van der Waals surface area contributed by atoms with Gasteiger partial charge in [0.2, 0.25) is 5.91 Å². The lowest BCUT2D eigenvalue weighted by Crippen LogP contribution is -2.39. The molecule has 0 N–H and O–H groups in total. The number of aromatic nitrogens is 1. The molecule has 0 radical (unpaired) electrons. The van der Waals surface area contributed by atoms with Gasteiger partial charge in [0, 0.05) is 52.8 Å². The van der Waals surface area contributed by atoms with E-state index in [1.165, 1.54) is 11.3 Å². The SMILES string of the molecule is CCN(C(=O)CC1c2cc(OC)ccc2N(C(=O)c2ccc(Cl)cc2)C1C)c1nccs1. The fourth-order valence-corrected chi connectivity index (χ4v) is 5.06. The zero-order chi connectivity index (χ0) is 22.8. The minimum absolute atomic E-state index is 0.0196. The van der Waals surface area contributed by atoms with E-state index in [9.17, 15) is 9.59 Å². The highest BCUT2D eigenvalue weighted by molar-refractivity contribution is 7.13. The predicted octanol–water partition coefficient (Wildman–Crippen LogP) is 5.38. The van der Waals surface area contributed by atoms with Crippen molar-refractivity contribution in [2.24, 2.45) is 0 Å². The second-order valence-corrected chi connectivity index (χ2v) is 8.92. The van der Waals surface area contributed by atoms with E-state index in [2.05, 4.69) is 4.98 Å². The van der Waals surface area contributed by atoms with Gasteiger partial charge in [0.05, 0.1) is 7.11 Å². The molecule has 0 aliphatic carbocycles. The Bertz CT molecular complexity index is 1120. The van der Waals surface area contributed by atoms with E-state index in [0.717, 1.165) is 11.3 Å². The van der Waals surface area contributed by atoms with Gasteiger partial charge in [-0.2, -0.15) is 0 Å². The van der Waals surface area contributed by atoms with Crippen molar-refractivity contribution in [1.82, 2.24) is 4.98 Å². The Morgan fingerprint density at radius 3 is 2.59 bits per heavy atom. The van der Waals surface area contributed by atoms with Crippen molar-refractivity contribution in [1.29, 1.82) is 0 Å². The van der Waals surface area contributed by atoms with E-state index < -0.39 is 0 Å². The molecule has 4 rings (SSSR count). The number of carbonyl (C=O) groups is 2. The lowest BCUT2D eigenvalue weighted by Gasteiger charge is -2.27. The van der Waals surface area contributed by atoms with Gasteiger partial charge >= 0.3 is 0 Å².